The van der Waals surface area contributed by atoms with Crippen molar-refractivity contribution in [3.05, 3.63) is 36.1 Å². The summed E-state index contributed by atoms with van der Waals surface area (Å²) in [5, 5.41) is 4.76. The second kappa shape index (κ2) is 3.35. The zero-order valence-electron chi connectivity index (χ0n) is 9.14. The van der Waals surface area contributed by atoms with Crippen LogP contribution >= 0.6 is 0 Å². The molecule has 17 heavy (non-hydrogen) atoms. The Hall–Kier alpha value is -2.30. The van der Waals surface area contributed by atoms with Gasteiger partial charge in [0.1, 0.15) is 22.9 Å². The van der Waals surface area contributed by atoms with E-state index in [-0.39, 0.29) is 5.82 Å². The fourth-order valence-electron chi connectivity index (χ4n) is 1.86. The molecule has 2 aromatic heterocycles. The van der Waals surface area contributed by atoms with Gasteiger partial charge in [-0.2, -0.15) is 5.10 Å². The van der Waals surface area contributed by atoms with Crippen LogP contribution in [0, 0.1) is 5.82 Å². The van der Waals surface area contributed by atoms with Crippen molar-refractivity contribution in [3.8, 4) is 11.5 Å². The molecule has 0 bridgehead atoms. The summed E-state index contributed by atoms with van der Waals surface area (Å²) in [7, 11) is 1.78. The first-order chi connectivity index (χ1) is 8.13. The van der Waals surface area contributed by atoms with Gasteiger partial charge in [0.15, 0.2) is 5.76 Å². The lowest BCUT2D eigenvalue weighted by Gasteiger charge is -1.94. The van der Waals surface area contributed by atoms with E-state index in [2.05, 4.69) is 5.10 Å². The standard InChI is InChI=1S/C12H10FN3O/c1-16-9(6-12(14)15-16)11-5-7-4-8(13)2-3-10(7)17-11/h2-6H,1H3,(H2,14,15). The summed E-state index contributed by atoms with van der Waals surface area (Å²) in [5.41, 5.74) is 7.00. The summed E-state index contributed by atoms with van der Waals surface area (Å²) in [4.78, 5) is 0. The van der Waals surface area contributed by atoms with E-state index in [4.69, 9.17) is 10.2 Å². The molecule has 0 saturated carbocycles. The summed E-state index contributed by atoms with van der Waals surface area (Å²) in [6.45, 7) is 0. The number of nitrogens with zero attached hydrogens (tertiary/aromatic N) is 2. The Labute approximate surface area is 96.4 Å². The lowest BCUT2D eigenvalue weighted by molar-refractivity contribution is 0.612. The number of furan rings is 1. The number of benzene rings is 1. The van der Waals surface area contributed by atoms with Crippen molar-refractivity contribution in [2.24, 2.45) is 7.05 Å². The Bertz CT molecular complexity index is 699. The molecule has 2 N–H and O–H groups in total. The molecule has 86 valence electrons. The number of hydrogen-bond acceptors (Lipinski definition) is 3. The Morgan fingerprint density at radius 2 is 2.12 bits per heavy atom. The SMILES string of the molecule is Cn1nc(N)cc1-c1cc2cc(F)ccc2o1. The highest BCUT2D eigenvalue weighted by atomic mass is 19.1. The predicted octanol–water partition coefficient (Wildman–Crippen LogP) is 2.55. The van der Waals surface area contributed by atoms with Gasteiger partial charge >= 0.3 is 0 Å². The van der Waals surface area contributed by atoms with Gasteiger partial charge in [-0.1, -0.05) is 0 Å². The van der Waals surface area contributed by atoms with E-state index in [1.165, 1.54) is 12.1 Å². The molecule has 0 fully saturated rings. The van der Waals surface area contributed by atoms with E-state index < -0.39 is 0 Å². The van der Waals surface area contributed by atoms with Crippen molar-refractivity contribution in [2.45, 2.75) is 0 Å². The molecule has 0 amide bonds. The highest BCUT2D eigenvalue weighted by Crippen LogP contribution is 2.28. The van der Waals surface area contributed by atoms with Crippen LogP contribution in [0.2, 0.25) is 0 Å². The number of halogens is 1. The van der Waals surface area contributed by atoms with Crippen molar-refractivity contribution >= 4 is 16.8 Å². The number of hydrogen-bond donors (Lipinski definition) is 1. The second-order valence-corrected chi connectivity index (χ2v) is 3.87. The molecule has 0 aliphatic heterocycles. The van der Waals surface area contributed by atoms with Gasteiger partial charge in [0.25, 0.3) is 0 Å². The topological polar surface area (TPSA) is 57.0 Å². The minimum atomic E-state index is -0.283. The summed E-state index contributed by atoms with van der Waals surface area (Å²) in [6, 6.07) is 7.89. The van der Waals surface area contributed by atoms with Crippen LogP contribution in [0.25, 0.3) is 22.4 Å². The van der Waals surface area contributed by atoms with Gasteiger partial charge in [-0.15, -0.1) is 0 Å². The number of nitrogen functional groups attached to an aromatic ring is 1. The molecule has 2 heterocycles. The van der Waals surface area contributed by atoms with E-state index in [0.717, 1.165) is 11.1 Å². The predicted molar refractivity (Wildman–Crippen MR) is 62.8 cm³/mol. The van der Waals surface area contributed by atoms with Crippen molar-refractivity contribution < 1.29 is 8.81 Å². The first kappa shape index (κ1) is 9.89. The highest BCUT2D eigenvalue weighted by molar-refractivity contribution is 5.82. The van der Waals surface area contributed by atoms with Crippen LogP contribution < -0.4 is 5.73 Å². The van der Waals surface area contributed by atoms with Crippen molar-refractivity contribution in [3.63, 3.8) is 0 Å². The van der Waals surface area contributed by atoms with Crippen LogP contribution in [0.15, 0.2) is 34.7 Å². The molecule has 0 saturated heterocycles. The van der Waals surface area contributed by atoms with E-state index in [1.807, 2.05) is 0 Å². The van der Waals surface area contributed by atoms with Crippen molar-refractivity contribution in [1.29, 1.82) is 0 Å². The van der Waals surface area contributed by atoms with Gasteiger partial charge in [0.05, 0.1) is 0 Å². The Morgan fingerprint density at radius 3 is 2.82 bits per heavy atom. The van der Waals surface area contributed by atoms with E-state index >= 15 is 0 Å². The summed E-state index contributed by atoms with van der Waals surface area (Å²) >= 11 is 0. The molecule has 0 aliphatic rings. The molecule has 0 unspecified atom stereocenters. The fraction of sp³-hybridized carbons (Fsp3) is 0.0833. The molecule has 0 atom stereocenters. The van der Waals surface area contributed by atoms with Gasteiger partial charge in [-0.05, 0) is 24.3 Å². The summed E-state index contributed by atoms with van der Waals surface area (Å²) < 4.78 is 20.3. The van der Waals surface area contributed by atoms with Gasteiger partial charge in [0.2, 0.25) is 0 Å². The third-order valence-electron chi connectivity index (χ3n) is 2.63. The van der Waals surface area contributed by atoms with Crippen LogP contribution in [-0.4, -0.2) is 9.78 Å². The van der Waals surface area contributed by atoms with Crippen LogP contribution in [0.1, 0.15) is 0 Å². The lowest BCUT2D eigenvalue weighted by atomic mass is 10.2. The lowest BCUT2D eigenvalue weighted by Crippen LogP contribution is -1.93. The van der Waals surface area contributed by atoms with E-state index in [1.54, 1.807) is 29.9 Å². The molecule has 1 aromatic carbocycles. The minimum Gasteiger partial charge on any atom is -0.454 e. The molecule has 3 aromatic rings. The third kappa shape index (κ3) is 1.56. The van der Waals surface area contributed by atoms with Crippen LogP contribution in [0.5, 0.6) is 0 Å². The average Bonchev–Trinajstić information content (AvgIpc) is 2.80. The maximum Gasteiger partial charge on any atom is 0.153 e. The van der Waals surface area contributed by atoms with Gasteiger partial charge in [-0.25, -0.2) is 4.39 Å². The number of aromatic nitrogens is 2. The van der Waals surface area contributed by atoms with Crippen LogP contribution in [0.4, 0.5) is 10.2 Å². The molecule has 0 aliphatic carbocycles. The number of anilines is 1. The molecular formula is C12H10FN3O. The minimum absolute atomic E-state index is 0.283. The Morgan fingerprint density at radius 1 is 1.29 bits per heavy atom. The molecule has 3 rings (SSSR count). The quantitative estimate of drug-likeness (QED) is 0.700. The maximum atomic E-state index is 13.1. The molecule has 4 nitrogen and oxygen atoms in total. The zero-order valence-corrected chi connectivity index (χ0v) is 9.14. The number of fused-ring (bicyclic) bond motifs is 1. The second-order valence-electron chi connectivity index (χ2n) is 3.87. The van der Waals surface area contributed by atoms with E-state index in [0.29, 0.717) is 17.2 Å². The highest BCUT2D eigenvalue weighted by Gasteiger charge is 2.11. The van der Waals surface area contributed by atoms with Crippen molar-refractivity contribution in [2.75, 3.05) is 5.73 Å². The Balaban J connectivity index is 2.21. The summed E-state index contributed by atoms with van der Waals surface area (Å²) in [5.74, 6) is 0.765. The maximum absolute atomic E-state index is 13.1. The van der Waals surface area contributed by atoms with Gasteiger partial charge in [-0.3, -0.25) is 4.68 Å². The molecule has 0 radical (unpaired) electrons. The first-order valence-electron chi connectivity index (χ1n) is 5.12. The molecule has 0 spiro atoms. The number of nitrogens with two attached hydrogens (primary N) is 1. The number of rotatable bonds is 1. The Kier molecular flexibility index (Phi) is 1.95. The smallest absolute Gasteiger partial charge is 0.153 e. The fourth-order valence-corrected chi connectivity index (χ4v) is 1.86. The molecular weight excluding hydrogens is 221 g/mol. The van der Waals surface area contributed by atoms with Gasteiger partial charge in [0, 0.05) is 18.5 Å². The zero-order chi connectivity index (χ0) is 12.0. The number of aryl methyl sites for hydroxylation is 1. The normalized spacial score (nSPS) is 11.2. The largest absolute Gasteiger partial charge is 0.454 e. The first-order valence-corrected chi connectivity index (χ1v) is 5.12. The van der Waals surface area contributed by atoms with E-state index in [9.17, 15) is 4.39 Å². The monoisotopic (exact) mass is 231 g/mol. The van der Waals surface area contributed by atoms with Crippen LogP contribution in [-0.2, 0) is 7.05 Å². The van der Waals surface area contributed by atoms with Crippen molar-refractivity contribution in [1.82, 2.24) is 9.78 Å². The van der Waals surface area contributed by atoms with Crippen LogP contribution in [0.3, 0.4) is 0 Å². The third-order valence-corrected chi connectivity index (χ3v) is 2.63. The van der Waals surface area contributed by atoms with Gasteiger partial charge < -0.3 is 10.2 Å². The average molecular weight is 231 g/mol. The summed E-state index contributed by atoms with van der Waals surface area (Å²) in [6.07, 6.45) is 0. The molecule has 5 heteroatoms.